The number of aromatic hydroxyl groups is 1. The average molecular weight is 193 g/mol. The Morgan fingerprint density at radius 2 is 2.36 bits per heavy atom. The number of phenolic OH excluding ortho intramolecular Hbond substituents is 1. The van der Waals surface area contributed by atoms with Crippen LogP contribution in [0.15, 0.2) is 12.1 Å². The zero-order valence-electron chi connectivity index (χ0n) is 8.29. The van der Waals surface area contributed by atoms with Crippen LogP contribution in [0.25, 0.3) is 0 Å². The Morgan fingerprint density at radius 3 is 3.07 bits per heavy atom. The first-order valence-electron chi connectivity index (χ1n) is 4.97. The highest BCUT2D eigenvalue weighted by molar-refractivity contribution is 5.50. The molecule has 0 bridgehead atoms. The molecule has 3 nitrogen and oxygen atoms in total. The maximum Gasteiger partial charge on any atom is 0.124 e. The van der Waals surface area contributed by atoms with Crippen molar-refractivity contribution in [3.63, 3.8) is 0 Å². The Labute approximate surface area is 83.5 Å². The summed E-state index contributed by atoms with van der Waals surface area (Å²) >= 11 is 0. The maximum atomic E-state index is 9.67. The Hall–Kier alpha value is -1.22. The maximum absolute atomic E-state index is 9.67. The van der Waals surface area contributed by atoms with Gasteiger partial charge in [-0.15, -0.1) is 0 Å². The minimum atomic E-state index is 0.000741. The summed E-state index contributed by atoms with van der Waals surface area (Å²) < 4.78 is 5.50. The average Bonchev–Trinajstić information content (AvgIpc) is 2.19. The van der Waals surface area contributed by atoms with Crippen LogP contribution in [0.5, 0.6) is 11.5 Å². The molecule has 3 N–H and O–H groups in total. The largest absolute Gasteiger partial charge is 0.508 e. The molecule has 0 aromatic heterocycles. The number of ether oxygens (including phenoxy) is 1. The molecule has 1 aliphatic rings. The lowest BCUT2D eigenvalue weighted by Crippen LogP contribution is -2.22. The molecule has 0 fully saturated rings. The van der Waals surface area contributed by atoms with Gasteiger partial charge in [-0.2, -0.15) is 0 Å². The minimum Gasteiger partial charge on any atom is -0.508 e. The van der Waals surface area contributed by atoms with Crippen LogP contribution < -0.4 is 10.5 Å². The number of fused-ring (bicyclic) bond motifs is 1. The van der Waals surface area contributed by atoms with Crippen LogP contribution in [0.1, 0.15) is 30.5 Å². The van der Waals surface area contributed by atoms with Crippen molar-refractivity contribution in [1.82, 2.24) is 0 Å². The van der Waals surface area contributed by atoms with Crippen molar-refractivity contribution in [2.45, 2.75) is 25.8 Å². The molecule has 0 saturated heterocycles. The highest BCUT2D eigenvalue weighted by Gasteiger charge is 2.22. The Balaban J connectivity index is 2.57. The van der Waals surface area contributed by atoms with E-state index >= 15 is 0 Å². The molecule has 0 aliphatic carbocycles. The predicted octanol–water partition coefficient (Wildman–Crippen LogP) is 1.74. The van der Waals surface area contributed by atoms with Crippen LogP contribution in [0, 0.1) is 0 Å². The summed E-state index contributed by atoms with van der Waals surface area (Å²) in [6, 6.07) is 3.47. The lowest BCUT2D eigenvalue weighted by atomic mass is 9.94. The van der Waals surface area contributed by atoms with Crippen LogP contribution >= 0.6 is 0 Å². The molecule has 0 spiro atoms. The molecular weight excluding hydrogens is 178 g/mol. The normalized spacial score (nSPS) is 20.0. The SMILES string of the molecule is CCc1c(O)ccc2c1[C@@H](N)CCO2. The summed E-state index contributed by atoms with van der Waals surface area (Å²) in [5, 5.41) is 9.67. The zero-order valence-corrected chi connectivity index (χ0v) is 8.29. The molecule has 1 aliphatic heterocycles. The monoisotopic (exact) mass is 193 g/mol. The molecule has 0 unspecified atom stereocenters. The van der Waals surface area contributed by atoms with E-state index < -0.39 is 0 Å². The minimum absolute atomic E-state index is 0.000741. The second kappa shape index (κ2) is 3.50. The lowest BCUT2D eigenvalue weighted by Gasteiger charge is -2.25. The first kappa shape index (κ1) is 9.34. The van der Waals surface area contributed by atoms with Crippen LogP contribution in [-0.2, 0) is 6.42 Å². The summed E-state index contributed by atoms with van der Waals surface area (Å²) in [7, 11) is 0. The van der Waals surface area contributed by atoms with E-state index in [0.29, 0.717) is 12.4 Å². The third kappa shape index (κ3) is 1.34. The van der Waals surface area contributed by atoms with Gasteiger partial charge in [-0.05, 0) is 18.6 Å². The summed E-state index contributed by atoms with van der Waals surface area (Å²) in [5.74, 6) is 1.16. The van der Waals surface area contributed by atoms with E-state index in [1.165, 1.54) is 0 Å². The van der Waals surface area contributed by atoms with Crippen molar-refractivity contribution >= 4 is 0 Å². The first-order valence-corrected chi connectivity index (χ1v) is 4.97. The molecule has 2 rings (SSSR count). The van der Waals surface area contributed by atoms with E-state index in [2.05, 4.69) is 0 Å². The molecule has 1 aromatic carbocycles. The summed E-state index contributed by atoms with van der Waals surface area (Å²) in [4.78, 5) is 0. The van der Waals surface area contributed by atoms with E-state index in [1.54, 1.807) is 12.1 Å². The fraction of sp³-hybridized carbons (Fsp3) is 0.455. The number of phenols is 1. The molecule has 1 atom stereocenters. The van der Waals surface area contributed by atoms with E-state index in [9.17, 15) is 5.11 Å². The number of benzene rings is 1. The van der Waals surface area contributed by atoms with E-state index in [-0.39, 0.29) is 6.04 Å². The van der Waals surface area contributed by atoms with Crippen molar-refractivity contribution in [3.05, 3.63) is 23.3 Å². The van der Waals surface area contributed by atoms with Crippen molar-refractivity contribution < 1.29 is 9.84 Å². The van der Waals surface area contributed by atoms with Gasteiger partial charge in [0.1, 0.15) is 11.5 Å². The third-order valence-electron chi connectivity index (χ3n) is 2.70. The summed E-state index contributed by atoms with van der Waals surface area (Å²) in [6.45, 7) is 2.68. The fourth-order valence-corrected chi connectivity index (χ4v) is 1.98. The highest BCUT2D eigenvalue weighted by Crippen LogP contribution is 2.37. The quantitative estimate of drug-likeness (QED) is 0.714. The lowest BCUT2D eigenvalue weighted by molar-refractivity contribution is 0.267. The molecule has 1 heterocycles. The smallest absolute Gasteiger partial charge is 0.124 e. The van der Waals surface area contributed by atoms with Gasteiger partial charge in [-0.1, -0.05) is 6.92 Å². The first-order chi connectivity index (χ1) is 6.74. The van der Waals surface area contributed by atoms with Gasteiger partial charge in [0.2, 0.25) is 0 Å². The molecule has 3 heteroatoms. The van der Waals surface area contributed by atoms with Gasteiger partial charge >= 0.3 is 0 Å². The molecule has 0 saturated carbocycles. The molecule has 1 aromatic rings. The van der Waals surface area contributed by atoms with Gasteiger partial charge in [0.25, 0.3) is 0 Å². The standard InChI is InChI=1S/C11H15NO2/c1-2-7-9(13)3-4-10-11(7)8(12)5-6-14-10/h3-4,8,13H,2,5-6,12H2,1H3/t8-/m0/s1. The van der Waals surface area contributed by atoms with Crippen molar-refractivity contribution in [1.29, 1.82) is 0 Å². The number of rotatable bonds is 1. The van der Waals surface area contributed by atoms with Gasteiger partial charge in [0.15, 0.2) is 0 Å². The number of hydrogen-bond donors (Lipinski definition) is 2. The molecule has 0 amide bonds. The van der Waals surface area contributed by atoms with E-state index in [1.807, 2.05) is 6.92 Å². The highest BCUT2D eigenvalue weighted by atomic mass is 16.5. The zero-order chi connectivity index (χ0) is 10.1. The predicted molar refractivity (Wildman–Crippen MR) is 54.5 cm³/mol. The molecular formula is C11H15NO2. The number of nitrogens with two attached hydrogens (primary N) is 1. The molecule has 76 valence electrons. The van der Waals surface area contributed by atoms with Crippen molar-refractivity contribution in [2.75, 3.05) is 6.61 Å². The van der Waals surface area contributed by atoms with Crippen LogP contribution in [-0.4, -0.2) is 11.7 Å². The van der Waals surface area contributed by atoms with E-state index in [0.717, 1.165) is 29.7 Å². The third-order valence-corrected chi connectivity index (χ3v) is 2.70. The van der Waals surface area contributed by atoms with Crippen LogP contribution in [0.2, 0.25) is 0 Å². The Bertz CT molecular complexity index is 349. The Kier molecular flexibility index (Phi) is 2.33. The van der Waals surface area contributed by atoms with E-state index in [4.69, 9.17) is 10.5 Å². The van der Waals surface area contributed by atoms with Gasteiger partial charge in [-0.25, -0.2) is 0 Å². The Morgan fingerprint density at radius 1 is 1.57 bits per heavy atom. The molecule has 0 radical (unpaired) electrons. The van der Waals surface area contributed by atoms with Gasteiger partial charge in [0.05, 0.1) is 6.61 Å². The van der Waals surface area contributed by atoms with Crippen molar-refractivity contribution in [2.24, 2.45) is 5.73 Å². The number of hydrogen-bond acceptors (Lipinski definition) is 3. The van der Waals surface area contributed by atoms with Gasteiger partial charge in [-0.3, -0.25) is 0 Å². The van der Waals surface area contributed by atoms with Gasteiger partial charge < -0.3 is 15.6 Å². The second-order valence-corrected chi connectivity index (χ2v) is 3.57. The van der Waals surface area contributed by atoms with Crippen LogP contribution in [0.3, 0.4) is 0 Å². The fourth-order valence-electron chi connectivity index (χ4n) is 1.98. The van der Waals surface area contributed by atoms with Crippen molar-refractivity contribution in [3.8, 4) is 11.5 Å². The molecule has 14 heavy (non-hydrogen) atoms. The van der Waals surface area contributed by atoms with Gasteiger partial charge in [0, 0.05) is 23.6 Å². The van der Waals surface area contributed by atoms with Crippen LogP contribution in [0.4, 0.5) is 0 Å². The topological polar surface area (TPSA) is 55.5 Å². The summed E-state index contributed by atoms with van der Waals surface area (Å²) in [5.41, 5.74) is 7.91. The summed E-state index contributed by atoms with van der Waals surface area (Å²) in [6.07, 6.45) is 1.61. The second-order valence-electron chi connectivity index (χ2n) is 3.57.